The highest BCUT2D eigenvalue weighted by molar-refractivity contribution is 9.11. The van der Waals surface area contributed by atoms with Crippen LogP contribution in [0.2, 0.25) is 0 Å². The van der Waals surface area contributed by atoms with E-state index in [4.69, 9.17) is 4.74 Å². The number of hydrogen-bond donors (Lipinski definition) is 2. The average molecular weight is 406 g/mol. The molecule has 1 aromatic carbocycles. The van der Waals surface area contributed by atoms with Crippen LogP contribution in [0, 0.1) is 0 Å². The Balaban J connectivity index is 2.29. The summed E-state index contributed by atoms with van der Waals surface area (Å²) in [6.45, 7) is 0.837. The topological polar surface area (TPSA) is 67.4 Å². The first-order valence-electron chi connectivity index (χ1n) is 6.14. The SMILES string of the molecule is COC(=O)c1cc(Br)cc(Br)c1NC(=O)[C@@H]1CCCN1. The van der Waals surface area contributed by atoms with Crippen molar-refractivity contribution in [2.24, 2.45) is 0 Å². The highest BCUT2D eigenvalue weighted by Crippen LogP contribution is 2.31. The van der Waals surface area contributed by atoms with Gasteiger partial charge in [-0.3, -0.25) is 4.79 Å². The molecular formula is C13H14Br2N2O3. The van der Waals surface area contributed by atoms with Crippen molar-refractivity contribution in [2.45, 2.75) is 18.9 Å². The van der Waals surface area contributed by atoms with E-state index in [2.05, 4.69) is 42.5 Å². The third kappa shape index (κ3) is 3.39. The molecule has 1 heterocycles. The van der Waals surface area contributed by atoms with Gasteiger partial charge in [0.15, 0.2) is 0 Å². The van der Waals surface area contributed by atoms with E-state index in [0.29, 0.717) is 15.7 Å². The van der Waals surface area contributed by atoms with E-state index >= 15 is 0 Å². The lowest BCUT2D eigenvalue weighted by atomic mass is 10.1. The fourth-order valence-corrected chi connectivity index (χ4v) is 3.41. The summed E-state index contributed by atoms with van der Waals surface area (Å²) in [4.78, 5) is 24.0. The van der Waals surface area contributed by atoms with Gasteiger partial charge in [0.25, 0.3) is 0 Å². The second kappa shape index (κ2) is 6.69. The normalized spacial score (nSPS) is 17.9. The minimum absolute atomic E-state index is 0.143. The summed E-state index contributed by atoms with van der Waals surface area (Å²) in [5.74, 6) is -0.641. The number of halogens is 2. The number of carbonyl (C=O) groups excluding carboxylic acids is 2. The molecule has 0 bridgehead atoms. The van der Waals surface area contributed by atoms with Crippen molar-refractivity contribution in [3.8, 4) is 0 Å². The van der Waals surface area contributed by atoms with Crippen LogP contribution in [0.1, 0.15) is 23.2 Å². The quantitative estimate of drug-likeness (QED) is 0.758. The number of nitrogens with one attached hydrogen (secondary N) is 2. The fourth-order valence-electron chi connectivity index (χ4n) is 2.09. The maximum Gasteiger partial charge on any atom is 0.340 e. The van der Waals surface area contributed by atoms with Crippen molar-refractivity contribution in [1.29, 1.82) is 0 Å². The van der Waals surface area contributed by atoms with Gasteiger partial charge in [0.1, 0.15) is 0 Å². The molecule has 0 aliphatic carbocycles. The first kappa shape index (κ1) is 15.5. The molecule has 108 valence electrons. The molecule has 0 radical (unpaired) electrons. The van der Waals surface area contributed by atoms with Crippen LogP contribution < -0.4 is 10.6 Å². The number of rotatable bonds is 3. The van der Waals surface area contributed by atoms with Crippen LogP contribution in [0.5, 0.6) is 0 Å². The van der Waals surface area contributed by atoms with Gasteiger partial charge in [-0.25, -0.2) is 4.79 Å². The van der Waals surface area contributed by atoms with E-state index in [1.165, 1.54) is 7.11 Å². The van der Waals surface area contributed by atoms with E-state index in [-0.39, 0.29) is 11.9 Å². The summed E-state index contributed by atoms with van der Waals surface area (Å²) >= 11 is 6.67. The summed E-state index contributed by atoms with van der Waals surface area (Å²) in [6.07, 6.45) is 1.77. The molecule has 1 saturated heterocycles. The second-order valence-electron chi connectivity index (χ2n) is 4.44. The van der Waals surface area contributed by atoms with Crippen LogP contribution in [0.15, 0.2) is 21.1 Å². The zero-order valence-corrected chi connectivity index (χ0v) is 14.0. The van der Waals surface area contributed by atoms with Crippen LogP contribution in [0.25, 0.3) is 0 Å². The Bertz CT molecular complexity index is 543. The molecule has 20 heavy (non-hydrogen) atoms. The predicted octanol–water partition coefficient (Wildman–Crippen LogP) is 2.69. The van der Waals surface area contributed by atoms with E-state index in [9.17, 15) is 9.59 Å². The molecule has 1 atom stereocenters. The van der Waals surface area contributed by atoms with Crippen LogP contribution in [0.3, 0.4) is 0 Å². The van der Waals surface area contributed by atoms with Gasteiger partial charge >= 0.3 is 5.97 Å². The average Bonchev–Trinajstić information content (AvgIpc) is 2.94. The molecular weight excluding hydrogens is 392 g/mol. The standard InChI is InChI=1S/C13H14Br2N2O3/c1-20-13(19)8-5-7(14)6-9(15)11(8)17-12(18)10-3-2-4-16-10/h5-6,10,16H,2-4H2,1H3,(H,17,18)/t10-/m0/s1. The number of esters is 1. The first-order valence-corrected chi connectivity index (χ1v) is 7.73. The van der Waals surface area contributed by atoms with Gasteiger partial charge in [-0.1, -0.05) is 15.9 Å². The van der Waals surface area contributed by atoms with Gasteiger partial charge in [0.05, 0.1) is 24.4 Å². The van der Waals surface area contributed by atoms with Crippen molar-refractivity contribution in [3.63, 3.8) is 0 Å². The molecule has 1 aliphatic heterocycles. The van der Waals surface area contributed by atoms with Gasteiger partial charge in [0, 0.05) is 8.95 Å². The molecule has 7 heteroatoms. The van der Waals surface area contributed by atoms with Crippen molar-refractivity contribution in [2.75, 3.05) is 19.0 Å². The third-order valence-corrected chi connectivity index (χ3v) is 4.17. The van der Waals surface area contributed by atoms with Gasteiger partial charge in [-0.2, -0.15) is 0 Å². The number of anilines is 1. The molecule has 2 rings (SSSR count). The molecule has 0 spiro atoms. The van der Waals surface area contributed by atoms with Gasteiger partial charge in [-0.15, -0.1) is 0 Å². The lowest BCUT2D eigenvalue weighted by molar-refractivity contribution is -0.117. The van der Waals surface area contributed by atoms with Crippen LogP contribution >= 0.6 is 31.9 Å². The van der Waals surface area contributed by atoms with Gasteiger partial charge in [-0.05, 0) is 47.4 Å². The molecule has 0 unspecified atom stereocenters. The maximum atomic E-state index is 12.2. The highest BCUT2D eigenvalue weighted by atomic mass is 79.9. The van der Waals surface area contributed by atoms with Gasteiger partial charge in [0.2, 0.25) is 5.91 Å². The fraction of sp³-hybridized carbons (Fsp3) is 0.385. The molecule has 0 saturated carbocycles. The second-order valence-corrected chi connectivity index (χ2v) is 6.21. The van der Waals surface area contributed by atoms with E-state index in [0.717, 1.165) is 23.9 Å². The number of methoxy groups -OCH3 is 1. The minimum atomic E-state index is -0.498. The van der Waals surface area contributed by atoms with Crippen LogP contribution in [-0.4, -0.2) is 31.6 Å². The molecule has 2 N–H and O–H groups in total. The molecule has 1 amide bonds. The summed E-state index contributed by atoms with van der Waals surface area (Å²) in [6, 6.07) is 3.18. The lowest BCUT2D eigenvalue weighted by Crippen LogP contribution is -2.36. The number of amides is 1. The van der Waals surface area contributed by atoms with Gasteiger partial charge < -0.3 is 15.4 Å². The van der Waals surface area contributed by atoms with Crippen molar-refractivity contribution in [3.05, 3.63) is 26.6 Å². The number of carbonyl (C=O) groups is 2. The predicted molar refractivity (Wildman–Crippen MR) is 82.8 cm³/mol. The first-order chi connectivity index (χ1) is 9.52. The van der Waals surface area contributed by atoms with E-state index in [1.807, 2.05) is 0 Å². The van der Waals surface area contributed by atoms with Crippen LogP contribution in [-0.2, 0) is 9.53 Å². The summed E-state index contributed by atoms with van der Waals surface area (Å²) in [5.41, 5.74) is 0.735. The summed E-state index contributed by atoms with van der Waals surface area (Å²) < 4.78 is 6.09. The largest absolute Gasteiger partial charge is 0.465 e. The van der Waals surface area contributed by atoms with E-state index < -0.39 is 5.97 Å². The lowest BCUT2D eigenvalue weighted by Gasteiger charge is -2.15. The third-order valence-electron chi connectivity index (χ3n) is 3.09. The highest BCUT2D eigenvalue weighted by Gasteiger charge is 2.25. The Morgan fingerprint density at radius 2 is 2.15 bits per heavy atom. The van der Waals surface area contributed by atoms with Crippen molar-refractivity contribution >= 4 is 49.4 Å². The van der Waals surface area contributed by atoms with Crippen LogP contribution in [0.4, 0.5) is 5.69 Å². The van der Waals surface area contributed by atoms with Crippen molar-refractivity contribution < 1.29 is 14.3 Å². The summed E-state index contributed by atoms with van der Waals surface area (Å²) in [5, 5.41) is 5.91. The Morgan fingerprint density at radius 1 is 1.40 bits per heavy atom. The molecule has 5 nitrogen and oxygen atoms in total. The summed E-state index contributed by atoms with van der Waals surface area (Å²) in [7, 11) is 1.31. The number of benzene rings is 1. The van der Waals surface area contributed by atoms with E-state index in [1.54, 1.807) is 12.1 Å². The molecule has 1 fully saturated rings. The zero-order valence-electron chi connectivity index (χ0n) is 10.8. The number of hydrogen-bond acceptors (Lipinski definition) is 4. The monoisotopic (exact) mass is 404 g/mol. The number of ether oxygens (including phenoxy) is 1. The zero-order chi connectivity index (χ0) is 14.7. The Kier molecular flexibility index (Phi) is 5.17. The molecule has 0 aromatic heterocycles. The molecule has 1 aromatic rings. The Labute approximate surface area is 133 Å². The maximum absolute atomic E-state index is 12.2. The minimum Gasteiger partial charge on any atom is -0.465 e. The Hall–Kier alpha value is -0.920. The smallest absolute Gasteiger partial charge is 0.340 e. The van der Waals surface area contributed by atoms with Crippen molar-refractivity contribution in [1.82, 2.24) is 5.32 Å². The molecule has 1 aliphatic rings. The Morgan fingerprint density at radius 3 is 2.75 bits per heavy atom.